The van der Waals surface area contributed by atoms with Crippen LogP contribution in [0.5, 0.6) is 0 Å². The van der Waals surface area contributed by atoms with E-state index in [4.69, 9.17) is 4.74 Å². The van der Waals surface area contributed by atoms with Crippen LogP contribution < -0.4 is 0 Å². The molecular weight excluding hydrogens is 426 g/mol. The number of aromatic nitrogens is 3. The minimum absolute atomic E-state index is 0.0285. The summed E-state index contributed by atoms with van der Waals surface area (Å²) in [5.41, 5.74) is 2.89. The summed E-state index contributed by atoms with van der Waals surface area (Å²) in [7, 11) is 1.41. The molecule has 2 aromatic carbocycles. The van der Waals surface area contributed by atoms with Crippen molar-refractivity contribution in [2.24, 2.45) is 0 Å². The van der Waals surface area contributed by atoms with Crippen molar-refractivity contribution < 1.29 is 9.53 Å². The zero-order valence-electron chi connectivity index (χ0n) is 19.8. The van der Waals surface area contributed by atoms with E-state index in [1.165, 1.54) is 31.9 Å². The quantitative estimate of drug-likeness (QED) is 0.502. The first-order chi connectivity index (χ1) is 16.7. The highest BCUT2D eigenvalue weighted by Gasteiger charge is 2.32. The lowest BCUT2D eigenvalue weighted by molar-refractivity contribution is 0.0600. The van der Waals surface area contributed by atoms with Crippen LogP contribution >= 0.6 is 0 Å². The van der Waals surface area contributed by atoms with Gasteiger partial charge in [0.2, 0.25) is 0 Å². The van der Waals surface area contributed by atoms with Gasteiger partial charge in [0.1, 0.15) is 6.33 Å². The monoisotopic (exact) mass is 459 g/mol. The van der Waals surface area contributed by atoms with Gasteiger partial charge < -0.3 is 9.30 Å². The minimum atomic E-state index is -0.318. The van der Waals surface area contributed by atoms with E-state index in [1.807, 2.05) is 36.7 Å². The van der Waals surface area contributed by atoms with E-state index in [-0.39, 0.29) is 12.0 Å². The summed E-state index contributed by atoms with van der Waals surface area (Å²) in [6, 6.07) is 18.9. The van der Waals surface area contributed by atoms with Gasteiger partial charge in [-0.3, -0.25) is 9.80 Å². The molecule has 2 aliphatic rings. The van der Waals surface area contributed by atoms with Gasteiger partial charge in [-0.05, 0) is 49.1 Å². The first-order valence-corrected chi connectivity index (χ1v) is 12.3. The predicted octanol–water partition coefficient (Wildman–Crippen LogP) is 3.76. The topological polar surface area (TPSA) is 63.5 Å². The summed E-state index contributed by atoms with van der Waals surface area (Å²) >= 11 is 0. The molecule has 1 aromatic heterocycles. The Morgan fingerprint density at radius 2 is 1.79 bits per heavy atom. The van der Waals surface area contributed by atoms with Gasteiger partial charge >= 0.3 is 5.97 Å². The van der Waals surface area contributed by atoms with Gasteiger partial charge in [0, 0.05) is 25.7 Å². The third-order valence-corrected chi connectivity index (χ3v) is 7.25. The predicted molar refractivity (Wildman–Crippen MR) is 131 cm³/mol. The van der Waals surface area contributed by atoms with Crippen LogP contribution in [-0.2, 0) is 11.3 Å². The Labute approximate surface area is 201 Å². The van der Waals surface area contributed by atoms with Crippen molar-refractivity contribution in [2.75, 3.05) is 33.3 Å². The van der Waals surface area contributed by atoms with E-state index in [1.54, 1.807) is 0 Å². The Bertz CT molecular complexity index is 1080. The molecule has 0 N–H and O–H groups in total. The number of ether oxygens (including phenoxy) is 1. The molecule has 1 aliphatic heterocycles. The number of esters is 1. The molecule has 178 valence electrons. The zero-order valence-corrected chi connectivity index (χ0v) is 19.8. The van der Waals surface area contributed by atoms with Gasteiger partial charge in [-0.15, -0.1) is 10.2 Å². The van der Waals surface area contributed by atoms with Crippen molar-refractivity contribution in [1.82, 2.24) is 24.6 Å². The van der Waals surface area contributed by atoms with Crippen molar-refractivity contribution in [3.05, 3.63) is 83.4 Å². The third kappa shape index (κ3) is 4.91. The zero-order chi connectivity index (χ0) is 23.3. The van der Waals surface area contributed by atoms with Crippen LogP contribution in [0, 0.1) is 0 Å². The second-order valence-electron chi connectivity index (χ2n) is 9.33. The maximum Gasteiger partial charge on any atom is 0.337 e. The fourth-order valence-electron chi connectivity index (χ4n) is 5.15. The fourth-order valence-corrected chi connectivity index (χ4v) is 5.15. The second kappa shape index (κ2) is 10.5. The lowest BCUT2D eigenvalue weighted by atomic mass is 9.91. The first kappa shape index (κ1) is 22.7. The number of methoxy groups -OCH3 is 1. The largest absolute Gasteiger partial charge is 0.465 e. The lowest BCUT2D eigenvalue weighted by Crippen LogP contribution is -2.42. The number of hydrogen-bond acceptors (Lipinski definition) is 6. The first-order valence-electron chi connectivity index (χ1n) is 12.3. The van der Waals surface area contributed by atoms with Crippen LogP contribution in [0.1, 0.15) is 59.0 Å². The van der Waals surface area contributed by atoms with Crippen molar-refractivity contribution in [3.63, 3.8) is 0 Å². The highest BCUT2D eigenvalue weighted by molar-refractivity contribution is 5.89. The summed E-state index contributed by atoms with van der Waals surface area (Å²) in [6.45, 7) is 4.95. The van der Waals surface area contributed by atoms with E-state index in [0.29, 0.717) is 5.56 Å². The maximum absolute atomic E-state index is 12.0. The van der Waals surface area contributed by atoms with Crippen LogP contribution in [0.15, 0.2) is 60.9 Å². The van der Waals surface area contributed by atoms with Gasteiger partial charge in [-0.25, -0.2) is 4.79 Å². The Morgan fingerprint density at radius 1 is 1.00 bits per heavy atom. The van der Waals surface area contributed by atoms with Crippen molar-refractivity contribution >= 4 is 5.97 Å². The molecule has 34 heavy (non-hydrogen) atoms. The van der Waals surface area contributed by atoms with E-state index in [2.05, 4.69) is 48.8 Å². The van der Waals surface area contributed by atoms with Crippen LogP contribution in [0.3, 0.4) is 0 Å². The molecular formula is C27H33N5O2. The normalized spacial score (nSPS) is 18.7. The molecule has 2 fully saturated rings. The molecule has 0 amide bonds. The van der Waals surface area contributed by atoms with Crippen LogP contribution in [0.2, 0.25) is 0 Å². The molecule has 1 atom stereocenters. The van der Waals surface area contributed by atoms with E-state index in [9.17, 15) is 4.79 Å². The maximum atomic E-state index is 12.0. The molecule has 0 spiro atoms. The fraction of sp³-hybridized carbons (Fsp3) is 0.444. The average Bonchev–Trinajstić information content (AvgIpc) is 3.15. The Hall–Kier alpha value is -3.03. The molecule has 7 nitrogen and oxygen atoms in total. The smallest absolute Gasteiger partial charge is 0.337 e. The molecule has 7 heteroatoms. The number of hydrogen-bond donors (Lipinski definition) is 0. The standard InChI is InChI=1S/C27H33N5O2/c1-34-27(33)23-13-11-22(12-14-23)25(31-16-6-15-30(17-18-31)24-9-5-10-24)26-29-28-20-32(26)19-21-7-3-2-4-8-21/h2-4,7-8,11-14,20,24-25H,5-6,9-10,15-19H2,1H3. The van der Waals surface area contributed by atoms with Crippen LogP contribution in [0.4, 0.5) is 0 Å². The second-order valence-corrected chi connectivity index (χ2v) is 9.33. The molecule has 1 saturated heterocycles. The number of carbonyl (C=O) groups excluding carboxylic acids is 1. The van der Waals surface area contributed by atoms with Crippen molar-refractivity contribution in [1.29, 1.82) is 0 Å². The van der Waals surface area contributed by atoms with Gasteiger partial charge in [-0.1, -0.05) is 48.9 Å². The molecule has 1 saturated carbocycles. The summed E-state index contributed by atoms with van der Waals surface area (Å²) in [4.78, 5) is 17.2. The number of benzene rings is 2. The minimum Gasteiger partial charge on any atom is -0.465 e. The highest BCUT2D eigenvalue weighted by Crippen LogP contribution is 2.31. The summed E-state index contributed by atoms with van der Waals surface area (Å²) < 4.78 is 7.05. The summed E-state index contributed by atoms with van der Waals surface area (Å²) in [6.07, 6.45) is 7.01. The van der Waals surface area contributed by atoms with E-state index in [0.717, 1.165) is 56.6 Å². The number of nitrogens with zero attached hydrogens (tertiary/aromatic N) is 5. The molecule has 1 unspecified atom stereocenters. The Balaban J connectivity index is 1.45. The van der Waals surface area contributed by atoms with Crippen molar-refractivity contribution in [3.8, 4) is 0 Å². The lowest BCUT2D eigenvalue weighted by Gasteiger charge is -2.37. The number of carbonyl (C=O) groups is 1. The molecule has 0 radical (unpaired) electrons. The molecule has 0 bridgehead atoms. The van der Waals surface area contributed by atoms with Crippen LogP contribution in [-0.4, -0.2) is 69.9 Å². The van der Waals surface area contributed by atoms with E-state index < -0.39 is 0 Å². The van der Waals surface area contributed by atoms with Gasteiger partial charge in [-0.2, -0.15) is 0 Å². The molecule has 3 aromatic rings. The molecule has 2 heterocycles. The van der Waals surface area contributed by atoms with Crippen LogP contribution in [0.25, 0.3) is 0 Å². The van der Waals surface area contributed by atoms with Gasteiger partial charge in [0.05, 0.1) is 25.3 Å². The van der Waals surface area contributed by atoms with E-state index >= 15 is 0 Å². The summed E-state index contributed by atoms with van der Waals surface area (Å²) in [5.74, 6) is 0.619. The SMILES string of the molecule is COC(=O)c1ccc(C(c2nncn2Cc2ccccc2)N2CCCN(C3CCC3)CC2)cc1. The van der Waals surface area contributed by atoms with Crippen molar-refractivity contribution in [2.45, 2.75) is 44.3 Å². The Morgan fingerprint density at radius 3 is 2.50 bits per heavy atom. The average molecular weight is 460 g/mol. The molecule has 1 aliphatic carbocycles. The molecule has 5 rings (SSSR count). The summed E-state index contributed by atoms with van der Waals surface area (Å²) in [5, 5.41) is 8.93. The number of rotatable bonds is 7. The van der Waals surface area contributed by atoms with Gasteiger partial charge in [0.25, 0.3) is 0 Å². The van der Waals surface area contributed by atoms with Gasteiger partial charge in [0.15, 0.2) is 5.82 Å². The Kier molecular flexibility index (Phi) is 7.02. The third-order valence-electron chi connectivity index (χ3n) is 7.25. The highest BCUT2D eigenvalue weighted by atomic mass is 16.5.